The Bertz CT molecular complexity index is 300. The van der Waals surface area contributed by atoms with Gasteiger partial charge in [0.25, 0.3) is 0 Å². The predicted molar refractivity (Wildman–Crippen MR) is 67.0 cm³/mol. The minimum atomic E-state index is -0.738. The molecule has 2 aliphatic rings. The molecule has 4 heteroatoms. The van der Waals surface area contributed by atoms with Gasteiger partial charge in [-0.15, -0.1) is 0 Å². The van der Waals surface area contributed by atoms with Gasteiger partial charge in [0, 0.05) is 12.6 Å². The number of nitrogens with one attached hydrogen (secondary N) is 1. The second-order valence-electron chi connectivity index (χ2n) is 5.79. The number of rotatable bonds is 7. The van der Waals surface area contributed by atoms with E-state index in [1.54, 1.807) is 7.05 Å². The minimum absolute atomic E-state index is 0.304. The predicted octanol–water partition coefficient (Wildman–Crippen LogP) is 1.17. The lowest BCUT2D eigenvalue weighted by Crippen LogP contribution is -2.60. The van der Waals surface area contributed by atoms with E-state index in [1.807, 2.05) is 0 Å². The molecular weight excluding hydrogens is 216 g/mol. The normalized spacial score (nSPS) is 25.6. The quantitative estimate of drug-likeness (QED) is 0.701. The van der Waals surface area contributed by atoms with Gasteiger partial charge in [-0.25, -0.2) is 0 Å². The lowest BCUT2D eigenvalue weighted by Gasteiger charge is -2.36. The molecule has 98 valence electrons. The molecule has 2 saturated carbocycles. The molecule has 2 unspecified atom stereocenters. The van der Waals surface area contributed by atoms with Gasteiger partial charge in [0.05, 0.1) is 0 Å². The van der Waals surface area contributed by atoms with Crippen LogP contribution in [-0.2, 0) is 4.79 Å². The Kier molecular flexibility index (Phi) is 3.46. The Morgan fingerprint density at radius 1 is 1.47 bits per heavy atom. The number of hydrogen-bond acceptors (Lipinski definition) is 3. The summed E-state index contributed by atoms with van der Waals surface area (Å²) in [6.07, 6.45) is 4.68. The van der Waals surface area contributed by atoms with E-state index < -0.39 is 11.5 Å². The van der Waals surface area contributed by atoms with Gasteiger partial charge < -0.3 is 15.3 Å². The van der Waals surface area contributed by atoms with Crippen molar-refractivity contribution >= 4 is 5.97 Å². The topological polar surface area (TPSA) is 52.6 Å². The zero-order chi connectivity index (χ0) is 12.6. The number of nitrogens with zero attached hydrogens (tertiary/aromatic N) is 1. The highest BCUT2D eigenvalue weighted by Gasteiger charge is 2.51. The lowest BCUT2D eigenvalue weighted by molar-refractivity contribution is -0.146. The average Bonchev–Trinajstić information content (AvgIpc) is 3.16. The smallest absolute Gasteiger partial charge is 0.325 e. The number of carboxylic acid groups (broad SMARTS) is 1. The molecule has 0 saturated heterocycles. The molecule has 2 atom stereocenters. The van der Waals surface area contributed by atoms with E-state index in [1.165, 1.54) is 12.8 Å². The monoisotopic (exact) mass is 240 g/mol. The molecular formula is C13H24N2O2. The van der Waals surface area contributed by atoms with Crippen molar-refractivity contribution in [1.82, 2.24) is 10.2 Å². The van der Waals surface area contributed by atoms with Crippen LogP contribution in [0.4, 0.5) is 0 Å². The molecule has 0 heterocycles. The average molecular weight is 240 g/mol. The van der Waals surface area contributed by atoms with Crippen molar-refractivity contribution in [2.24, 2.45) is 11.8 Å². The summed E-state index contributed by atoms with van der Waals surface area (Å²) in [4.78, 5) is 13.8. The number of aliphatic carboxylic acids is 1. The van der Waals surface area contributed by atoms with Gasteiger partial charge in [0.2, 0.25) is 0 Å². The Morgan fingerprint density at radius 3 is 2.41 bits per heavy atom. The number of carboxylic acids is 1. The first-order valence-corrected chi connectivity index (χ1v) is 6.64. The molecule has 2 aliphatic carbocycles. The summed E-state index contributed by atoms with van der Waals surface area (Å²) in [5.41, 5.74) is -0.738. The summed E-state index contributed by atoms with van der Waals surface area (Å²) in [6.45, 7) is 2.83. The maximum Gasteiger partial charge on any atom is 0.325 e. The first-order chi connectivity index (χ1) is 8.01. The molecule has 0 aliphatic heterocycles. The van der Waals surface area contributed by atoms with Crippen LogP contribution in [0.15, 0.2) is 0 Å². The molecule has 2 rings (SSSR count). The second-order valence-corrected chi connectivity index (χ2v) is 5.79. The van der Waals surface area contributed by atoms with Crippen molar-refractivity contribution in [2.45, 2.75) is 44.2 Å². The van der Waals surface area contributed by atoms with E-state index in [0.29, 0.717) is 18.5 Å². The first-order valence-electron chi connectivity index (χ1n) is 6.64. The van der Waals surface area contributed by atoms with Crippen molar-refractivity contribution in [3.8, 4) is 0 Å². The number of likely N-dealkylation sites (N-methyl/N-ethyl adjacent to an activating group) is 2. The fourth-order valence-electron chi connectivity index (χ4n) is 2.81. The van der Waals surface area contributed by atoms with Crippen molar-refractivity contribution in [2.75, 3.05) is 20.6 Å². The minimum Gasteiger partial charge on any atom is -0.480 e. The number of carbonyl (C=O) groups is 1. The van der Waals surface area contributed by atoms with E-state index in [4.69, 9.17) is 0 Å². The van der Waals surface area contributed by atoms with Crippen LogP contribution >= 0.6 is 0 Å². The highest BCUT2D eigenvalue weighted by Crippen LogP contribution is 2.41. The zero-order valence-corrected chi connectivity index (χ0v) is 11.1. The fraction of sp³-hybridized carbons (Fsp3) is 0.923. The second kappa shape index (κ2) is 4.58. The highest BCUT2D eigenvalue weighted by atomic mass is 16.4. The van der Waals surface area contributed by atoms with Crippen LogP contribution in [0.2, 0.25) is 0 Å². The van der Waals surface area contributed by atoms with E-state index in [2.05, 4.69) is 24.2 Å². The first kappa shape index (κ1) is 12.8. The molecule has 0 aromatic rings. The standard InChI is InChI=1S/C13H24N2O2/c1-9(10-4-5-10)15(3)8-13(14-2,12(16)17)11-6-7-11/h9-11,14H,4-8H2,1-3H3,(H,16,17). The summed E-state index contributed by atoms with van der Waals surface area (Å²) >= 11 is 0. The maximum absolute atomic E-state index is 11.6. The summed E-state index contributed by atoms with van der Waals surface area (Å²) < 4.78 is 0. The van der Waals surface area contributed by atoms with E-state index >= 15 is 0 Å². The SMILES string of the molecule is CNC(CN(C)C(C)C1CC1)(C(=O)O)C1CC1. The van der Waals surface area contributed by atoms with E-state index in [-0.39, 0.29) is 0 Å². The van der Waals surface area contributed by atoms with Gasteiger partial charge in [0.15, 0.2) is 0 Å². The Hall–Kier alpha value is -0.610. The van der Waals surface area contributed by atoms with Gasteiger partial charge in [-0.05, 0) is 58.5 Å². The van der Waals surface area contributed by atoms with Gasteiger partial charge in [-0.1, -0.05) is 0 Å². The van der Waals surface area contributed by atoms with Crippen molar-refractivity contribution in [3.63, 3.8) is 0 Å². The lowest BCUT2D eigenvalue weighted by atomic mass is 9.92. The third-order valence-corrected chi connectivity index (χ3v) is 4.60. The Labute approximate surface area is 103 Å². The van der Waals surface area contributed by atoms with Gasteiger partial charge in [0.1, 0.15) is 5.54 Å². The van der Waals surface area contributed by atoms with Crippen LogP contribution in [0.3, 0.4) is 0 Å². The molecule has 0 aromatic heterocycles. The molecule has 0 aromatic carbocycles. The molecule has 0 amide bonds. The van der Waals surface area contributed by atoms with Crippen LogP contribution in [0, 0.1) is 11.8 Å². The summed E-state index contributed by atoms with van der Waals surface area (Å²) in [7, 11) is 3.84. The summed E-state index contributed by atoms with van der Waals surface area (Å²) in [5, 5.41) is 12.6. The van der Waals surface area contributed by atoms with Crippen molar-refractivity contribution in [3.05, 3.63) is 0 Å². The third-order valence-electron chi connectivity index (χ3n) is 4.60. The highest BCUT2D eigenvalue weighted by molar-refractivity contribution is 5.80. The molecule has 0 spiro atoms. The maximum atomic E-state index is 11.6. The Balaban J connectivity index is 2.03. The molecule has 0 bridgehead atoms. The van der Waals surface area contributed by atoms with E-state index in [9.17, 15) is 9.90 Å². The van der Waals surface area contributed by atoms with Gasteiger partial charge >= 0.3 is 5.97 Å². The number of hydrogen-bond donors (Lipinski definition) is 2. The Morgan fingerprint density at radius 2 is 2.06 bits per heavy atom. The van der Waals surface area contributed by atoms with E-state index in [0.717, 1.165) is 18.8 Å². The summed E-state index contributed by atoms with van der Waals surface area (Å²) in [6, 6.07) is 0.501. The molecule has 2 N–H and O–H groups in total. The van der Waals surface area contributed by atoms with Crippen LogP contribution in [0.5, 0.6) is 0 Å². The van der Waals surface area contributed by atoms with Gasteiger partial charge in [-0.3, -0.25) is 4.79 Å². The van der Waals surface area contributed by atoms with Crippen LogP contribution in [0.1, 0.15) is 32.6 Å². The fourth-order valence-corrected chi connectivity index (χ4v) is 2.81. The van der Waals surface area contributed by atoms with Crippen molar-refractivity contribution < 1.29 is 9.90 Å². The molecule has 4 nitrogen and oxygen atoms in total. The largest absolute Gasteiger partial charge is 0.480 e. The van der Waals surface area contributed by atoms with Crippen LogP contribution < -0.4 is 5.32 Å². The zero-order valence-electron chi connectivity index (χ0n) is 11.1. The molecule has 2 fully saturated rings. The molecule has 17 heavy (non-hydrogen) atoms. The van der Waals surface area contributed by atoms with Crippen LogP contribution in [-0.4, -0.2) is 48.2 Å². The third kappa shape index (κ3) is 2.47. The van der Waals surface area contributed by atoms with Gasteiger partial charge in [-0.2, -0.15) is 0 Å². The summed E-state index contributed by atoms with van der Waals surface area (Å²) in [5.74, 6) is 0.388. The van der Waals surface area contributed by atoms with Crippen LogP contribution in [0.25, 0.3) is 0 Å². The molecule has 0 radical (unpaired) electrons. The van der Waals surface area contributed by atoms with Crippen molar-refractivity contribution in [1.29, 1.82) is 0 Å².